The Morgan fingerprint density at radius 2 is 2.16 bits per heavy atom. The Hall–Kier alpha value is -0.850. The molecule has 1 aliphatic rings. The number of anilines is 1. The average Bonchev–Trinajstić information content (AvgIpc) is 2.71. The van der Waals surface area contributed by atoms with Crippen LogP contribution in [-0.2, 0) is 13.8 Å². The van der Waals surface area contributed by atoms with Gasteiger partial charge in [-0.3, -0.25) is 4.79 Å². The maximum absolute atomic E-state index is 11.9. The molecule has 2 rings (SSSR count). The summed E-state index contributed by atoms with van der Waals surface area (Å²) in [4.78, 5) is 13.3. The minimum absolute atomic E-state index is 0.0482. The van der Waals surface area contributed by atoms with E-state index in [9.17, 15) is 13.2 Å². The summed E-state index contributed by atoms with van der Waals surface area (Å²) in [6.07, 6.45) is -0.109. The molecule has 1 atom stereocenters. The lowest BCUT2D eigenvalue weighted by molar-refractivity contribution is -0.117. The number of benzene rings is 1. The van der Waals surface area contributed by atoms with Crippen LogP contribution in [0.1, 0.15) is 12.0 Å². The van der Waals surface area contributed by atoms with Gasteiger partial charge in [-0.2, -0.15) is 5.26 Å². The highest BCUT2D eigenvalue weighted by molar-refractivity contribution is 14.1. The second-order valence-electron chi connectivity index (χ2n) is 4.08. The third kappa shape index (κ3) is 3.01. The lowest BCUT2D eigenvalue weighted by atomic mass is 10.2. The number of carbonyl (C=O) groups excluding carboxylic acids is 1. The molecule has 0 radical (unpaired) electrons. The minimum Gasteiger partial charge on any atom is -0.310 e. The van der Waals surface area contributed by atoms with Gasteiger partial charge >= 0.3 is 0 Å². The summed E-state index contributed by atoms with van der Waals surface area (Å²) in [6, 6.07) is 6.88. The SMILES string of the molecule is N#Cc1ccc(N2CC(S(=O)(=O)Cl)CC2=O)c(I)c1. The van der Waals surface area contributed by atoms with Crippen LogP contribution >= 0.6 is 33.3 Å². The lowest BCUT2D eigenvalue weighted by Crippen LogP contribution is -2.27. The third-order valence-electron chi connectivity index (χ3n) is 2.86. The standard InChI is InChI=1S/C11H8ClIN2O3S/c12-19(17,18)8-4-11(16)15(6-8)10-2-1-7(5-14)3-9(10)13/h1-3,8H,4,6H2. The molecule has 0 saturated carbocycles. The number of nitrogens with zero attached hydrogens (tertiary/aromatic N) is 2. The van der Waals surface area contributed by atoms with Crippen molar-refractivity contribution >= 4 is 53.9 Å². The van der Waals surface area contributed by atoms with Gasteiger partial charge in [0.05, 0.1) is 17.3 Å². The Kier molecular flexibility index (Phi) is 4.03. The zero-order valence-electron chi connectivity index (χ0n) is 9.51. The van der Waals surface area contributed by atoms with E-state index in [2.05, 4.69) is 0 Å². The zero-order valence-corrected chi connectivity index (χ0v) is 13.2. The van der Waals surface area contributed by atoms with Gasteiger partial charge in [0.2, 0.25) is 15.0 Å². The van der Waals surface area contributed by atoms with Gasteiger partial charge in [0.1, 0.15) is 5.25 Å². The molecule has 1 fully saturated rings. The van der Waals surface area contributed by atoms with Gasteiger partial charge in [-0.1, -0.05) is 0 Å². The van der Waals surface area contributed by atoms with Gasteiger partial charge in [0, 0.05) is 27.2 Å². The predicted molar refractivity (Wildman–Crippen MR) is 79.4 cm³/mol. The highest BCUT2D eigenvalue weighted by Gasteiger charge is 2.38. The van der Waals surface area contributed by atoms with Crippen molar-refractivity contribution in [3.05, 3.63) is 27.3 Å². The van der Waals surface area contributed by atoms with Crippen molar-refractivity contribution in [2.24, 2.45) is 0 Å². The third-order valence-corrected chi connectivity index (χ3v) is 5.59. The molecule has 5 nitrogen and oxygen atoms in total. The van der Waals surface area contributed by atoms with Crippen LogP contribution in [0.2, 0.25) is 0 Å². The van der Waals surface area contributed by atoms with E-state index in [1.807, 2.05) is 28.7 Å². The normalized spacial score (nSPS) is 19.5. The molecular formula is C11H8ClIN2O3S. The number of carbonyl (C=O) groups is 1. The Morgan fingerprint density at radius 1 is 1.47 bits per heavy atom. The number of hydrogen-bond acceptors (Lipinski definition) is 4. The largest absolute Gasteiger partial charge is 0.310 e. The summed E-state index contributed by atoms with van der Waals surface area (Å²) in [5, 5.41) is 7.91. The molecule has 1 heterocycles. The monoisotopic (exact) mass is 410 g/mol. The molecule has 0 aromatic heterocycles. The Bertz CT molecular complexity index is 684. The highest BCUT2D eigenvalue weighted by Crippen LogP contribution is 2.30. The van der Waals surface area contributed by atoms with Crippen LogP contribution in [0.25, 0.3) is 0 Å². The number of hydrogen-bond donors (Lipinski definition) is 0. The van der Waals surface area contributed by atoms with Crippen LogP contribution in [0.3, 0.4) is 0 Å². The van der Waals surface area contributed by atoms with Gasteiger partial charge < -0.3 is 4.90 Å². The molecule has 1 saturated heterocycles. The molecule has 1 amide bonds. The van der Waals surface area contributed by atoms with Gasteiger partial charge in [-0.25, -0.2) is 8.42 Å². The highest BCUT2D eigenvalue weighted by atomic mass is 127. The second-order valence-corrected chi connectivity index (χ2v) is 8.15. The van der Waals surface area contributed by atoms with Gasteiger partial charge in [-0.15, -0.1) is 0 Å². The predicted octanol–water partition coefficient (Wildman–Crippen LogP) is 1.84. The Balaban J connectivity index is 2.34. The van der Waals surface area contributed by atoms with E-state index in [1.165, 1.54) is 4.90 Å². The van der Waals surface area contributed by atoms with E-state index in [4.69, 9.17) is 15.9 Å². The summed E-state index contributed by atoms with van der Waals surface area (Å²) in [5.41, 5.74) is 1.09. The maximum Gasteiger partial charge on any atom is 0.237 e. The van der Waals surface area contributed by atoms with E-state index in [1.54, 1.807) is 18.2 Å². The number of halogens is 2. The Morgan fingerprint density at radius 3 is 2.63 bits per heavy atom. The molecule has 1 aromatic carbocycles. The summed E-state index contributed by atoms with van der Waals surface area (Å²) in [5.74, 6) is -0.281. The van der Waals surface area contributed by atoms with Crippen molar-refractivity contribution in [3.8, 4) is 6.07 Å². The summed E-state index contributed by atoms with van der Waals surface area (Å²) < 4.78 is 23.3. The van der Waals surface area contributed by atoms with Crippen LogP contribution in [0, 0.1) is 14.9 Å². The van der Waals surface area contributed by atoms with Crippen LogP contribution in [-0.4, -0.2) is 26.1 Å². The summed E-state index contributed by atoms with van der Waals surface area (Å²) in [6.45, 7) is 0.0482. The quantitative estimate of drug-likeness (QED) is 0.550. The molecule has 0 bridgehead atoms. The van der Waals surface area contributed by atoms with Crippen LogP contribution in [0.5, 0.6) is 0 Å². The summed E-state index contributed by atoms with van der Waals surface area (Å²) >= 11 is 2.01. The fourth-order valence-electron chi connectivity index (χ4n) is 1.89. The van der Waals surface area contributed by atoms with Gasteiger partial charge in [0.25, 0.3) is 0 Å². The first-order chi connectivity index (χ1) is 8.82. The van der Waals surface area contributed by atoms with E-state index in [0.717, 1.165) is 3.57 Å². The average molecular weight is 411 g/mol. The minimum atomic E-state index is -3.75. The van der Waals surface area contributed by atoms with E-state index < -0.39 is 14.3 Å². The van der Waals surface area contributed by atoms with Crippen molar-refractivity contribution in [3.63, 3.8) is 0 Å². The molecule has 1 unspecified atom stereocenters. The van der Waals surface area contributed by atoms with Crippen molar-refractivity contribution in [1.82, 2.24) is 0 Å². The van der Waals surface area contributed by atoms with Crippen LogP contribution in [0.15, 0.2) is 18.2 Å². The first-order valence-corrected chi connectivity index (χ1v) is 8.71. The van der Waals surface area contributed by atoms with Crippen molar-refractivity contribution < 1.29 is 13.2 Å². The lowest BCUT2D eigenvalue weighted by Gasteiger charge is -2.18. The first kappa shape index (κ1) is 14.6. The molecular weight excluding hydrogens is 403 g/mol. The fraction of sp³-hybridized carbons (Fsp3) is 0.273. The molecule has 0 aliphatic carbocycles. The Labute approximate surface area is 128 Å². The van der Waals surface area contributed by atoms with Crippen LogP contribution in [0.4, 0.5) is 5.69 Å². The number of rotatable bonds is 2. The number of nitriles is 1. The molecule has 0 N–H and O–H groups in total. The zero-order chi connectivity index (χ0) is 14.2. The molecule has 8 heteroatoms. The molecule has 100 valence electrons. The molecule has 19 heavy (non-hydrogen) atoms. The van der Waals surface area contributed by atoms with Crippen molar-refractivity contribution in [2.45, 2.75) is 11.7 Å². The first-order valence-electron chi connectivity index (χ1n) is 5.26. The second kappa shape index (κ2) is 5.26. The smallest absolute Gasteiger partial charge is 0.237 e. The van der Waals surface area contributed by atoms with E-state index in [0.29, 0.717) is 11.3 Å². The van der Waals surface area contributed by atoms with Crippen LogP contribution < -0.4 is 4.90 Å². The van der Waals surface area contributed by atoms with E-state index >= 15 is 0 Å². The molecule has 0 spiro atoms. The summed E-state index contributed by atoms with van der Waals surface area (Å²) in [7, 11) is 1.55. The topological polar surface area (TPSA) is 78.2 Å². The fourth-order valence-corrected chi connectivity index (χ4v) is 3.72. The molecule has 1 aliphatic heterocycles. The molecule has 1 aromatic rings. The van der Waals surface area contributed by atoms with Gasteiger partial charge in [-0.05, 0) is 40.8 Å². The maximum atomic E-state index is 11.9. The van der Waals surface area contributed by atoms with E-state index in [-0.39, 0.29) is 18.9 Å². The van der Waals surface area contributed by atoms with Crippen molar-refractivity contribution in [1.29, 1.82) is 5.26 Å². The van der Waals surface area contributed by atoms with Crippen molar-refractivity contribution in [2.75, 3.05) is 11.4 Å². The number of amides is 1. The van der Waals surface area contributed by atoms with Gasteiger partial charge in [0.15, 0.2) is 0 Å².